The number of rotatable bonds is 6. The predicted molar refractivity (Wildman–Crippen MR) is 89.8 cm³/mol. The fourth-order valence-electron chi connectivity index (χ4n) is 1.93. The number of methoxy groups -OCH3 is 1. The molecule has 0 radical (unpaired) electrons. The van der Waals surface area contributed by atoms with Crippen molar-refractivity contribution < 1.29 is 19.2 Å². The molecule has 0 heterocycles. The number of anilines is 1. The standard InChI is InChI=1S/C16H15ClN2O5/c1-10(16(20)18-12-5-3-4-11(17)8-12)24-15-9-13(19(21)22)6-7-14(15)23-2/h3-10H,1-2H3,(H,18,20)/t10-/m0/s1. The zero-order valence-electron chi connectivity index (χ0n) is 13.0. The predicted octanol–water partition coefficient (Wildman–Crippen LogP) is 3.66. The Morgan fingerprint density at radius 2 is 2.00 bits per heavy atom. The minimum absolute atomic E-state index is 0.112. The molecule has 2 aromatic carbocycles. The fraction of sp³-hybridized carbons (Fsp3) is 0.188. The molecular formula is C16H15ClN2O5. The zero-order valence-corrected chi connectivity index (χ0v) is 13.7. The number of hydrogen-bond acceptors (Lipinski definition) is 5. The van der Waals surface area contributed by atoms with Gasteiger partial charge in [-0.25, -0.2) is 0 Å². The van der Waals surface area contributed by atoms with Gasteiger partial charge in [0.05, 0.1) is 18.1 Å². The van der Waals surface area contributed by atoms with E-state index in [2.05, 4.69) is 5.32 Å². The van der Waals surface area contributed by atoms with Crippen molar-refractivity contribution in [2.75, 3.05) is 12.4 Å². The SMILES string of the molecule is COc1ccc([N+](=O)[O-])cc1O[C@@H](C)C(=O)Nc1cccc(Cl)c1. The first-order chi connectivity index (χ1) is 11.4. The van der Waals surface area contributed by atoms with E-state index in [1.165, 1.54) is 32.2 Å². The highest BCUT2D eigenvalue weighted by Crippen LogP contribution is 2.32. The van der Waals surface area contributed by atoms with Gasteiger partial charge in [0.2, 0.25) is 0 Å². The van der Waals surface area contributed by atoms with Crippen LogP contribution in [0.3, 0.4) is 0 Å². The van der Waals surface area contributed by atoms with E-state index in [1.807, 2.05) is 0 Å². The Bertz CT molecular complexity index is 766. The maximum absolute atomic E-state index is 12.2. The summed E-state index contributed by atoms with van der Waals surface area (Å²) >= 11 is 5.86. The third kappa shape index (κ3) is 4.36. The average molecular weight is 351 g/mol. The highest BCUT2D eigenvalue weighted by molar-refractivity contribution is 6.30. The number of amides is 1. The number of hydrogen-bond donors (Lipinski definition) is 1. The highest BCUT2D eigenvalue weighted by Gasteiger charge is 2.19. The van der Waals surface area contributed by atoms with E-state index in [9.17, 15) is 14.9 Å². The lowest BCUT2D eigenvalue weighted by molar-refractivity contribution is -0.385. The van der Waals surface area contributed by atoms with Crippen LogP contribution in [-0.2, 0) is 4.79 Å². The molecule has 2 aromatic rings. The number of non-ortho nitro benzene ring substituents is 1. The zero-order chi connectivity index (χ0) is 17.7. The maximum atomic E-state index is 12.2. The first-order valence-corrected chi connectivity index (χ1v) is 7.34. The van der Waals surface area contributed by atoms with Gasteiger partial charge in [-0.1, -0.05) is 17.7 Å². The molecule has 0 aliphatic carbocycles. The van der Waals surface area contributed by atoms with E-state index in [1.54, 1.807) is 24.3 Å². The minimum Gasteiger partial charge on any atom is -0.493 e. The lowest BCUT2D eigenvalue weighted by Crippen LogP contribution is -2.30. The van der Waals surface area contributed by atoms with E-state index < -0.39 is 16.9 Å². The molecule has 1 atom stereocenters. The molecule has 0 aromatic heterocycles. The highest BCUT2D eigenvalue weighted by atomic mass is 35.5. The molecule has 24 heavy (non-hydrogen) atoms. The Morgan fingerprint density at radius 1 is 1.25 bits per heavy atom. The summed E-state index contributed by atoms with van der Waals surface area (Å²) in [6.45, 7) is 1.53. The topological polar surface area (TPSA) is 90.7 Å². The van der Waals surface area contributed by atoms with Crippen LogP contribution in [0, 0.1) is 10.1 Å². The van der Waals surface area contributed by atoms with Crippen LogP contribution in [0.1, 0.15) is 6.92 Å². The van der Waals surface area contributed by atoms with Crippen LogP contribution in [-0.4, -0.2) is 24.0 Å². The van der Waals surface area contributed by atoms with Gasteiger partial charge in [0.15, 0.2) is 17.6 Å². The molecule has 1 N–H and O–H groups in total. The van der Waals surface area contributed by atoms with Crippen LogP contribution in [0.5, 0.6) is 11.5 Å². The summed E-state index contributed by atoms with van der Waals surface area (Å²) in [4.78, 5) is 22.5. The quantitative estimate of drug-likeness (QED) is 0.634. The summed E-state index contributed by atoms with van der Waals surface area (Å²) < 4.78 is 10.6. The molecule has 7 nitrogen and oxygen atoms in total. The van der Waals surface area contributed by atoms with Crippen LogP contribution in [0.4, 0.5) is 11.4 Å². The summed E-state index contributed by atoms with van der Waals surface area (Å²) in [5, 5.41) is 14.0. The Hall–Kier alpha value is -2.80. The van der Waals surface area contributed by atoms with Gasteiger partial charge in [-0.05, 0) is 31.2 Å². The molecule has 0 unspecified atom stereocenters. The third-order valence-electron chi connectivity index (χ3n) is 3.12. The van der Waals surface area contributed by atoms with Crippen molar-refractivity contribution in [2.24, 2.45) is 0 Å². The Morgan fingerprint density at radius 3 is 2.62 bits per heavy atom. The van der Waals surface area contributed by atoms with Crippen LogP contribution in [0.2, 0.25) is 5.02 Å². The monoisotopic (exact) mass is 350 g/mol. The van der Waals surface area contributed by atoms with Gasteiger partial charge in [-0.15, -0.1) is 0 Å². The summed E-state index contributed by atoms with van der Waals surface area (Å²) in [5.74, 6) is -0.0192. The van der Waals surface area contributed by atoms with Crippen LogP contribution in [0.25, 0.3) is 0 Å². The van der Waals surface area contributed by atoms with E-state index in [0.29, 0.717) is 16.5 Å². The molecule has 0 saturated carbocycles. The molecule has 0 spiro atoms. The number of nitrogens with zero attached hydrogens (tertiary/aromatic N) is 1. The van der Waals surface area contributed by atoms with Crippen molar-refractivity contribution in [2.45, 2.75) is 13.0 Å². The van der Waals surface area contributed by atoms with Gasteiger partial charge in [0.1, 0.15) is 0 Å². The molecule has 0 aliphatic heterocycles. The summed E-state index contributed by atoms with van der Waals surface area (Å²) in [5.41, 5.74) is 0.363. The second-order valence-corrected chi connectivity index (χ2v) is 5.29. The Balaban J connectivity index is 2.13. The minimum atomic E-state index is -0.903. The first-order valence-electron chi connectivity index (χ1n) is 6.96. The molecule has 0 aliphatic rings. The summed E-state index contributed by atoms with van der Waals surface area (Å²) in [6.07, 6.45) is -0.903. The van der Waals surface area contributed by atoms with Crippen molar-refractivity contribution in [1.82, 2.24) is 0 Å². The van der Waals surface area contributed by atoms with Crippen molar-refractivity contribution in [3.63, 3.8) is 0 Å². The fourth-order valence-corrected chi connectivity index (χ4v) is 2.12. The summed E-state index contributed by atoms with van der Waals surface area (Å²) in [6, 6.07) is 10.6. The molecule has 126 valence electrons. The molecule has 0 bridgehead atoms. The molecule has 0 saturated heterocycles. The number of carbonyl (C=O) groups excluding carboxylic acids is 1. The Kier molecular flexibility index (Phi) is 5.59. The molecule has 1 amide bonds. The number of carbonyl (C=O) groups is 1. The number of ether oxygens (including phenoxy) is 2. The third-order valence-corrected chi connectivity index (χ3v) is 3.36. The summed E-state index contributed by atoms with van der Waals surface area (Å²) in [7, 11) is 1.41. The molecular weight excluding hydrogens is 336 g/mol. The molecule has 0 fully saturated rings. The molecule has 2 rings (SSSR count). The van der Waals surface area contributed by atoms with Crippen molar-refractivity contribution >= 4 is 28.9 Å². The normalized spacial score (nSPS) is 11.5. The second-order valence-electron chi connectivity index (χ2n) is 4.85. The largest absolute Gasteiger partial charge is 0.493 e. The smallest absolute Gasteiger partial charge is 0.273 e. The number of nitro benzene ring substituents is 1. The molecule has 8 heteroatoms. The van der Waals surface area contributed by atoms with Gasteiger partial charge in [0.25, 0.3) is 11.6 Å². The van der Waals surface area contributed by atoms with Crippen molar-refractivity contribution in [3.05, 3.63) is 57.6 Å². The van der Waals surface area contributed by atoms with Gasteiger partial charge < -0.3 is 14.8 Å². The van der Waals surface area contributed by atoms with Gasteiger partial charge in [-0.3, -0.25) is 14.9 Å². The van der Waals surface area contributed by atoms with Gasteiger partial charge in [-0.2, -0.15) is 0 Å². The van der Waals surface area contributed by atoms with E-state index >= 15 is 0 Å². The number of nitro groups is 1. The first kappa shape index (κ1) is 17.6. The van der Waals surface area contributed by atoms with Crippen LogP contribution in [0.15, 0.2) is 42.5 Å². The van der Waals surface area contributed by atoms with Crippen molar-refractivity contribution in [3.8, 4) is 11.5 Å². The number of nitrogens with one attached hydrogen (secondary N) is 1. The Labute approximate surface area is 143 Å². The van der Waals surface area contributed by atoms with Gasteiger partial charge >= 0.3 is 0 Å². The van der Waals surface area contributed by atoms with Crippen LogP contribution < -0.4 is 14.8 Å². The van der Waals surface area contributed by atoms with Crippen molar-refractivity contribution in [1.29, 1.82) is 0 Å². The second kappa shape index (κ2) is 7.65. The number of benzene rings is 2. The lowest BCUT2D eigenvalue weighted by atomic mass is 10.2. The lowest BCUT2D eigenvalue weighted by Gasteiger charge is -2.16. The average Bonchev–Trinajstić information content (AvgIpc) is 2.54. The number of halogens is 1. The van der Waals surface area contributed by atoms with Gasteiger partial charge in [0, 0.05) is 16.8 Å². The maximum Gasteiger partial charge on any atom is 0.273 e. The van der Waals surface area contributed by atoms with Crippen LogP contribution >= 0.6 is 11.6 Å². The van der Waals surface area contributed by atoms with E-state index in [0.717, 1.165) is 0 Å². The van der Waals surface area contributed by atoms with E-state index in [-0.39, 0.29) is 11.4 Å². The van der Waals surface area contributed by atoms with E-state index in [4.69, 9.17) is 21.1 Å².